The molecule has 0 radical (unpaired) electrons. The maximum Gasteiger partial charge on any atom is 0.138 e. The van der Waals surface area contributed by atoms with Crippen LogP contribution < -0.4 is 0 Å². The molecule has 0 rings (SSSR count). The highest BCUT2D eigenvalue weighted by Crippen LogP contribution is 1.78. The summed E-state index contributed by atoms with van der Waals surface area (Å²) in [6.45, 7) is 3.59. The first-order valence-electron chi connectivity index (χ1n) is 2.18. The first-order valence-corrected chi connectivity index (χ1v) is 3.46. The predicted octanol–water partition coefficient (Wildman–Crippen LogP) is 0.761. The van der Waals surface area contributed by atoms with Crippen molar-refractivity contribution in [2.24, 2.45) is 4.40 Å². The first kappa shape index (κ1) is 6.82. The monoisotopic (exact) mass is 119 g/mol. The van der Waals surface area contributed by atoms with Gasteiger partial charge in [0.15, 0.2) is 0 Å². The van der Waals surface area contributed by atoms with Gasteiger partial charge in [0, 0.05) is 12.0 Å². The molecule has 0 bridgehead atoms. The number of hydrogen-bond donors (Lipinski definition) is 0. The van der Waals surface area contributed by atoms with Crippen molar-refractivity contribution in [3.63, 3.8) is 0 Å². The van der Waals surface area contributed by atoms with Gasteiger partial charge in [0.25, 0.3) is 0 Å². The first-order chi connectivity index (χ1) is 3.31. The second kappa shape index (κ2) is 3.99. The molecule has 0 aliphatic rings. The van der Waals surface area contributed by atoms with Crippen LogP contribution in [-0.4, -0.2) is 16.2 Å². The van der Waals surface area contributed by atoms with E-state index in [1.54, 1.807) is 13.1 Å². The Kier molecular flexibility index (Phi) is 3.89. The Balaban J connectivity index is 3.37. The summed E-state index contributed by atoms with van der Waals surface area (Å²) in [4.78, 5) is 0. The Morgan fingerprint density at radius 2 is 2.43 bits per heavy atom. The van der Waals surface area contributed by atoms with Gasteiger partial charge in [0.05, 0.1) is 0 Å². The summed E-state index contributed by atoms with van der Waals surface area (Å²) in [6, 6.07) is 0. The predicted molar refractivity (Wildman–Crippen MR) is 32.8 cm³/mol. The highest BCUT2D eigenvalue weighted by atomic mass is 32.2. The smallest absolute Gasteiger partial charge is 0.138 e. The van der Waals surface area contributed by atoms with Crippen LogP contribution in [0.25, 0.3) is 0 Å². The average molecular weight is 119 g/mol. The van der Waals surface area contributed by atoms with Gasteiger partial charge in [0.1, 0.15) is 11.0 Å². The molecule has 0 spiro atoms. The van der Waals surface area contributed by atoms with Crippen LogP contribution in [0.1, 0.15) is 13.8 Å². The fourth-order valence-corrected chi connectivity index (χ4v) is 0.576. The van der Waals surface area contributed by atoms with Crippen molar-refractivity contribution in [1.82, 2.24) is 0 Å². The molecule has 0 saturated carbocycles. The summed E-state index contributed by atoms with van der Waals surface area (Å²) in [6.07, 6.45) is 1.56. The Morgan fingerprint density at radius 1 is 1.86 bits per heavy atom. The van der Waals surface area contributed by atoms with E-state index in [4.69, 9.17) is 0 Å². The van der Waals surface area contributed by atoms with Crippen LogP contribution in [0.4, 0.5) is 0 Å². The fraction of sp³-hybridized carbons (Fsp3) is 0.750. The van der Waals surface area contributed by atoms with E-state index in [0.29, 0.717) is 5.75 Å². The molecule has 0 amide bonds. The quantitative estimate of drug-likeness (QED) is 0.493. The zero-order valence-corrected chi connectivity index (χ0v) is 5.36. The number of rotatable bonds is 2. The third-order valence-corrected chi connectivity index (χ3v) is 1.41. The maximum absolute atomic E-state index is 10.3. The minimum atomic E-state index is -0.958. The van der Waals surface area contributed by atoms with Gasteiger partial charge in [-0.25, -0.2) is 8.61 Å². The van der Waals surface area contributed by atoms with Gasteiger partial charge in [-0.1, -0.05) is 6.92 Å². The molecule has 1 unspecified atom stereocenters. The second-order valence-corrected chi connectivity index (χ2v) is 2.40. The Morgan fingerprint density at radius 3 is 2.57 bits per heavy atom. The largest absolute Gasteiger partial charge is 0.235 e. The number of hydrogen-bond acceptors (Lipinski definition) is 1. The van der Waals surface area contributed by atoms with Crippen LogP contribution in [0.15, 0.2) is 4.40 Å². The van der Waals surface area contributed by atoms with Gasteiger partial charge >= 0.3 is 0 Å². The van der Waals surface area contributed by atoms with Crippen molar-refractivity contribution in [1.29, 1.82) is 0 Å². The molecule has 0 N–H and O–H groups in total. The zero-order chi connectivity index (χ0) is 5.70. The van der Waals surface area contributed by atoms with Crippen molar-refractivity contribution in [2.45, 2.75) is 13.8 Å². The third kappa shape index (κ3) is 3.66. The van der Waals surface area contributed by atoms with Crippen molar-refractivity contribution in [3.05, 3.63) is 0 Å². The molecule has 7 heavy (non-hydrogen) atoms. The average Bonchev–Trinajstić information content (AvgIpc) is 1.68. The standard InChI is InChI=1S/C4H9NOS/c1-3-5-7(6)4-2/h3H,4H2,1-2H3. The van der Waals surface area contributed by atoms with E-state index in [2.05, 4.69) is 4.40 Å². The highest BCUT2D eigenvalue weighted by Gasteiger charge is 1.81. The summed E-state index contributed by atoms with van der Waals surface area (Å²) in [5, 5.41) is 0. The molecular formula is C4H9NOS. The van der Waals surface area contributed by atoms with Gasteiger partial charge in [-0.3, -0.25) is 0 Å². The zero-order valence-electron chi connectivity index (χ0n) is 4.55. The Hall–Kier alpha value is -0.180. The fourth-order valence-electron chi connectivity index (χ4n) is 0.192. The van der Waals surface area contributed by atoms with Gasteiger partial charge < -0.3 is 0 Å². The molecular weight excluding hydrogens is 110 g/mol. The van der Waals surface area contributed by atoms with Gasteiger partial charge in [-0.2, -0.15) is 0 Å². The Bertz CT molecular complexity index is 89.7. The van der Waals surface area contributed by atoms with E-state index >= 15 is 0 Å². The minimum Gasteiger partial charge on any atom is -0.235 e. The van der Waals surface area contributed by atoms with Crippen LogP contribution in [0, 0.1) is 0 Å². The lowest BCUT2D eigenvalue weighted by atomic mass is 10.9. The summed E-state index contributed by atoms with van der Waals surface area (Å²) in [5.74, 6) is 0.615. The number of nitrogens with zero attached hydrogens (tertiary/aromatic N) is 1. The molecule has 0 aliphatic heterocycles. The lowest BCUT2D eigenvalue weighted by molar-refractivity contribution is 0.685. The molecule has 2 nitrogen and oxygen atoms in total. The third-order valence-electron chi connectivity index (χ3n) is 0.470. The van der Waals surface area contributed by atoms with Crippen LogP contribution >= 0.6 is 0 Å². The molecule has 0 aromatic rings. The Labute approximate surface area is 46.2 Å². The molecule has 0 aromatic heterocycles. The molecule has 0 aliphatic carbocycles. The summed E-state index contributed by atoms with van der Waals surface area (Å²) >= 11 is 0. The SMILES string of the molecule is CC=NS(=O)CC. The summed E-state index contributed by atoms with van der Waals surface area (Å²) in [5.41, 5.74) is 0. The van der Waals surface area contributed by atoms with Crippen LogP contribution in [0.3, 0.4) is 0 Å². The highest BCUT2D eigenvalue weighted by molar-refractivity contribution is 7.83. The van der Waals surface area contributed by atoms with Crippen LogP contribution in [0.5, 0.6) is 0 Å². The second-order valence-electron chi connectivity index (χ2n) is 0.974. The van der Waals surface area contributed by atoms with Gasteiger partial charge in [0.2, 0.25) is 0 Å². The lowest BCUT2D eigenvalue weighted by Crippen LogP contribution is -1.85. The van der Waals surface area contributed by atoms with Gasteiger partial charge in [-0.05, 0) is 6.92 Å². The van der Waals surface area contributed by atoms with Crippen LogP contribution in [-0.2, 0) is 11.0 Å². The molecule has 0 heterocycles. The summed E-state index contributed by atoms with van der Waals surface area (Å²) in [7, 11) is -0.958. The van der Waals surface area contributed by atoms with Crippen molar-refractivity contribution in [2.75, 3.05) is 5.75 Å². The van der Waals surface area contributed by atoms with Crippen molar-refractivity contribution in [3.8, 4) is 0 Å². The van der Waals surface area contributed by atoms with Crippen molar-refractivity contribution >= 4 is 17.2 Å². The molecule has 0 aromatic carbocycles. The van der Waals surface area contributed by atoms with Crippen LogP contribution in [0.2, 0.25) is 0 Å². The van der Waals surface area contributed by atoms with E-state index < -0.39 is 11.0 Å². The van der Waals surface area contributed by atoms with Gasteiger partial charge in [-0.15, -0.1) is 0 Å². The minimum absolute atomic E-state index is 0.615. The topological polar surface area (TPSA) is 29.4 Å². The maximum atomic E-state index is 10.3. The summed E-state index contributed by atoms with van der Waals surface area (Å²) < 4.78 is 13.9. The normalized spacial score (nSPS) is 15.1. The lowest BCUT2D eigenvalue weighted by Gasteiger charge is -1.80. The molecule has 42 valence electrons. The van der Waals surface area contributed by atoms with E-state index in [1.165, 1.54) is 0 Å². The molecule has 1 atom stereocenters. The molecule has 0 saturated heterocycles. The van der Waals surface area contributed by atoms with E-state index in [9.17, 15) is 4.21 Å². The van der Waals surface area contributed by atoms with E-state index in [-0.39, 0.29) is 0 Å². The molecule has 3 heteroatoms. The van der Waals surface area contributed by atoms with Crippen molar-refractivity contribution < 1.29 is 4.21 Å². The van der Waals surface area contributed by atoms with E-state index in [0.717, 1.165) is 0 Å². The van der Waals surface area contributed by atoms with E-state index in [1.807, 2.05) is 6.92 Å². The molecule has 0 fully saturated rings.